The summed E-state index contributed by atoms with van der Waals surface area (Å²) < 4.78 is 13.1. The summed E-state index contributed by atoms with van der Waals surface area (Å²) in [5.74, 6) is -0.437. The third-order valence-corrected chi connectivity index (χ3v) is 6.35. The lowest BCUT2D eigenvalue weighted by Gasteiger charge is -2.27. The van der Waals surface area contributed by atoms with Crippen molar-refractivity contribution in [3.63, 3.8) is 0 Å². The van der Waals surface area contributed by atoms with Gasteiger partial charge in [0.1, 0.15) is 5.82 Å². The second-order valence-corrected chi connectivity index (χ2v) is 8.29. The molecule has 29 heavy (non-hydrogen) atoms. The van der Waals surface area contributed by atoms with Crippen LogP contribution in [0.2, 0.25) is 0 Å². The number of carbonyl (C=O) groups excluding carboxylic acids is 2. The van der Waals surface area contributed by atoms with Crippen LogP contribution in [0.3, 0.4) is 0 Å². The van der Waals surface area contributed by atoms with Gasteiger partial charge in [-0.15, -0.1) is 11.3 Å². The zero-order valence-corrected chi connectivity index (χ0v) is 16.8. The summed E-state index contributed by atoms with van der Waals surface area (Å²) in [7, 11) is 0. The molecule has 4 nitrogen and oxygen atoms in total. The van der Waals surface area contributed by atoms with Crippen LogP contribution in [0, 0.1) is 5.82 Å². The topological polar surface area (TPSA) is 49.4 Å². The van der Waals surface area contributed by atoms with Crippen molar-refractivity contribution >= 4 is 23.2 Å². The van der Waals surface area contributed by atoms with Crippen LogP contribution in [-0.4, -0.2) is 23.3 Å². The lowest BCUT2D eigenvalue weighted by Crippen LogP contribution is -2.35. The zero-order chi connectivity index (χ0) is 20.4. The van der Waals surface area contributed by atoms with E-state index < -0.39 is 0 Å². The number of amides is 2. The number of halogens is 1. The highest BCUT2D eigenvalue weighted by Crippen LogP contribution is 2.29. The van der Waals surface area contributed by atoms with Crippen molar-refractivity contribution in [1.29, 1.82) is 0 Å². The van der Waals surface area contributed by atoms with E-state index >= 15 is 0 Å². The molecule has 1 aromatic heterocycles. The van der Waals surface area contributed by atoms with E-state index in [0.29, 0.717) is 23.5 Å². The summed E-state index contributed by atoms with van der Waals surface area (Å²) in [6.45, 7) is 3.04. The van der Waals surface area contributed by atoms with Crippen molar-refractivity contribution < 1.29 is 14.0 Å². The Morgan fingerprint density at radius 3 is 2.55 bits per heavy atom. The molecule has 0 saturated carbocycles. The fraction of sp³-hybridized carbons (Fsp3) is 0.217. The molecular weight excluding hydrogens is 387 g/mol. The van der Waals surface area contributed by atoms with E-state index in [-0.39, 0.29) is 23.7 Å². The number of rotatable bonds is 4. The van der Waals surface area contributed by atoms with Gasteiger partial charge in [0.25, 0.3) is 11.8 Å². The van der Waals surface area contributed by atoms with Gasteiger partial charge in [0.15, 0.2) is 0 Å². The molecule has 1 atom stereocenters. The maximum absolute atomic E-state index is 13.1. The lowest BCUT2D eigenvalue weighted by atomic mass is 10.1. The number of fused-ring (bicyclic) bond motifs is 1. The van der Waals surface area contributed by atoms with Gasteiger partial charge in [-0.3, -0.25) is 9.59 Å². The van der Waals surface area contributed by atoms with Crippen molar-refractivity contribution in [2.75, 3.05) is 6.54 Å². The Morgan fingerprint density at radius 1 is 1.10 bits per heavy atom. The largest absolute Gasteiger partial charge is 0.345 e. The maximum atomic E-state index is 13.1. The minimum absolute atomic E-state index is 0.0124. The molecule has 2 aromatic carbocycles. The first kappa shape index (κ1) is 19.3. The average molecular weight is 408 g/mol. The minimum atomic E-state index is -0.298. The van der Waals surface area contributed by atoms with Gasteiger partial charge in [-0.1, -0.05) is 30.3 Å². The number of benzene rings is 2. The summed E-state index contributed by atoms with van der Waals surface area (Å²) in [6, 6.07) is 17.0. The fourth-order valence-corrected chi connectivity index (χ4v) is 4.55. The Bertz CT molecular complexity index is 1030. The normalized spacial score (nSPS) is 14.2. The molecule has 0 spiro atoms. The van der Waals surface area contributed by atoms with E-state index in [4.69, 9.17) is 0 Å². The van der Waals surface area contributed by atoms with Gasteiger partial charge in [-0.05, 0) is 54.8 Å². The first-order valence-corrected chi connectivity index (χ1v) is 10.3. The summed E-state index contributed by atoms with van der Waals surface area (Å²) >= 11 is 1.48. The van der Waals surface area contributed by atoms with E-state index in [1.165, 1.54) is 23.5 Å². The molecule has 0 aliphatic carbocycles. The molecular formula is C23H21FN2O2S. The number of nitrogens with one attached hydrogen (secondary N) is 1. The number of thiophene rings is 1. The number of carbonyl (C=O) groups is 2. The van der Waals surface area contributed by atoms with Crippen molar-refractivity contribution in [2.45, 2.75) is 25.9 Å². The minimum Gasteiger partial charge on any atom is -0.345 e. The van der Waals surface area contributed by atoms with Crippen LogP contribution in [0.4, 0.5) is 4.39 Å². The highest BCUT2D eigenvalue weighted by molar-refractivity contribution is 7.14. The zero-order valence-electron chi connectivity index (χ0n) is 16.0. The van der Waals surface area contributed by atoms with Gasteiger partial charge in [-0.25, -0.2) is 4.39 Å². The molecule has 2 heterocycles. The Kier molecular flexibility index (Phi) is 5.45. The molecule has 1 aliphatic rings. The quantitative estimate of drug-likeness (QED) is 0.687. The first-order chi connectivity index (χ1) is 14.0. The van der Waals surface area contributed by atoms with Crippen LogP contribution in [0.25, 0.3) is 0 Å². The van der Waals surface area contributed by atoms with E-state index in [0.717, 1.165) is 22.4 Å². The predicted octanol–water partition coefficient (Wildman–Crippen LogP) is 4.58. The molecule has 1 N–H and O–H groups in total. The van der Waals surface area contributed by atoms with E-state index in [1.807, 2.05) is 48.2 Å². The van der Waals surface area contributed by atoms with Crippen molar-refractivity contribution in [2.24, 2.45) is 0 Å². The molecule has 2 amide bonds. The molecule has 3 aromatic rings. The van der Waals surface area contributed by atoms with Gasteiger partial charge in [0, 0.05) is 23.5 Å². The monoisotopic (exact) mass is 408 g/mol. The number of nitrogens with zero attached hydrogens (tertiary/aromatic N) is 1. The SMILES string of the molecule is C[C@@H](NC(=O)c1cc2c(s1)CCN(C(=O)c1ccccc1)C2)c1ccc(F)cc1. The highest BCUT2D eigenvalue weighted by atomic mass is 32.1. The summed E-state index contributed by atoms with van der Waals surface area (Å²) in [6.07, 6.45) is 0.749. The first-order valence-electron chi connectivity index (χ1n) is 9.53. The number of hydrogen-bond acceptors (Lipinski definition) is 3. The van der Waals surface area contributed by atoms with E-state index in [2.05, 4.69) is 5.32 Å². The Balaban J connectivity index is 1.44. The molecule has 0 saturated heterocycles. The molecule has 148 valence electrons. The second kappa shape index (κ2) is 8.17. The maximum Gasteiger partial charge on any atom is 0.261 e. The standard InChI is InChI=1S/C23H21FN2O2S/c1-15(16-7-9-19(24)10-8-16)25-22(27)21-13-18-14-26(12-11-20(18)29-21)23(28)17-5-3-2-4-6-17/h2-10,13,15H,11-12,14H2,1H3,(H,25,27)/t15-/m1/s1. The molecule has 0 radical (unpaired) electrons. The molecule has 0 fully saturated rings. The van der Waals surface area contributed by atoms with Crippen LogP contribution in [-0.2, 0) is 13.0 Å². The highest BCUT2D eigenvalue weighted by Gasteiger charge is 2.25. The third-order valence-electron chi connectivity index (χ3n) is 5.12. The Hall–Kier alpha value is -2.99. The Morgan fingerprint density at radius 2 is 1.83 bits per heavy atom. The van der Waals surface area contributed by atoms with Crippen LogP contribution in [0.1, 0.15) is 49.0 Å². The van der Waals surface area contributed by atoms with E-state index in [1.54, 1.807) is 12.1 Å². The summed E-state index contributed by atoms with van der Waals surface area (Å²) in [4.78, 5) is 29.0. The molecule has 4 rings (SSSR count). The predicted molar refractivity (Wildman–Crippen MR) is 111 cm³/mol. The molecule has 6 heteroatoms. The average Bonchev–Trinajstić information content (AvgIpc) is 3.18. The van der Waals surface area contributed by atoms with Crippen molar-refractivity contribution in [1.82, 2.24) is 10.2 Å². The van der Waals surface area contributed by atoms with E-state index in [9.17, 15) is 14.0 Å². The number of hydrogen-bond donors (Lipinski definition) is 1. The van der Waals surface area contributed by atoms with Gasteiger partial charge >= 0.3 is 0 Å². The Labute approximate surface area is 173 Å². The fourth-order valence-electron chi connectivity index (χ4n) is 3.48. The summed E-state index contributed by atoms with van der Waals surface area (Å²) in [5.41, 5.74) is 2.56. The van der Waals surface area contributed by atoms with Gasteiger partial charge in [0.05, 0.1) is 10.9 Å². The van der Waals surface area contributed by atoms with Crippen LogP contribution >= 0.6 is 11.3 Å². The third kappa shape index (κ3) is 4.22. The second-order valence-electron chi connectivity index (χ2n) is 7.15. The van der Waals surface area contributed by atoms with Crippen LogP contribution in [0.15, 0.2) is 60.7 Å². The van der Waals surface area contributed by atoms with Gasteiger partial charge < -0.3 is 10.2 Å². The molecule has 1 aliphatic heterocycles. The lowest BCUT2D eigenvalue weighted by molar-refractivity contribution is 0.0736. The van der Waals surface area contributed by atoms with Gasteiger partial charge in [-0.2, -0.15) is 0 Å². The van der Waals surface area contributed by atoms with Crippen molar-refractivity contribution in [3.8, 4) is 0 Å². The van der Waals surface area contributed by atoms with Crippen LogP contribution in [0.5, 0.6) is 0 Å². The van der Waals surface area contributed by atoms with Crippen LogP contribution < -0.4 is 5.32 Å². The van der Waals surface area contributed by atoms with Gasteiger partial charge in [0.2, 0.25) is 0 Å². The summed E-state index contributed by atoms with van der Waals surface area (Å²) in [5, 5.41) is 2.97. The molecule has 0 bridgehead atoms. The molecule has 0 unspecified atom stereocenters. The smallest absolute Gasteiger partial charge is 0.261 e. The van der Waals surface area contributed by atoms with Crippen molar-refractivity contribution in [3.05, 3.63) is 92.9 Å².